The zero-order chi connectivity index (χ0) is 14.6. The summed E-state index contributed by atoms with van der Waals surface area (Å²) in [5, 5.41) is 0. The van der Waals surface area contributed by atoms with Crippen molar-refractivity contribution < 1.29 is 0 Å². The molecular formula is C17H29N3. The van der Waals surface area contributed by atoms with Gasteiger partial charge in [-0.2, -0.15) is 0 Å². The third-order valence-electron chi connectivity index (χ3n) is 4.62. The second-order valence-corrected chi connectivity index (χ2v) is 7.08. The van der Waals surface area contributed by atoms with Crippen LogP contribution in [0.3, 0.4) is 0 Å². The number of hydrogen-bond acceptors (Lipinski definition) is 3. The second-order valence-electron chi connectivity index (χ2n) is 7.08. The summed E-state index contributed by atoms with van der Waals surface area (Å²) in [5.41, 5.74) is 8.56. The summed E-state index contributed by atoms with van der Waals surface area (Å²) in [6, 6.07) is 4.19. The highest BCUT2D eigenvalue weighted by molar-refractivity contribution is 5.19. The molecule has 0 amide bonds. The lowest BCUT2D eigenvalue weighted by molar-refractivity contribution is 0.206. The number of pyridine rings is 1. The van der Waals surface area contributed by atoms with E-state index in [4.69, 9.17) is 5.73 Å². The van der Waals surface area contributed by atoms with Crippen molar-refractivity contribution in [1.29, 1.82) is 0 Å². The fraction of sp³-hybridized carbons (Fsp3) is 0.706. The molecule has 1 atom stereocenters. The van der Waals surface area contributed by atoms with E-state index in [1.807, 2.05) is 12.3 Å². The molecule has 0 spiro atoms. The van der Waals surface area contributed by atoms with E-state index in [0.29, 0.717) is 12.0 Å². The summed E-state index contributed by atoms with van der Waals surface area (Å²) in [5.74, 6) is 0.843. The van der Waals surface area contributed by atoms with Crippen molar-refractivity contribution in [2.45, 2.75) is 53.1 Å². The monoisotopic (exact) mass is 275 g/mol. The van der Waals surface area contributed by atoms with Gasteiger partial charge in [0.2, 0.25) is 0 Å². The van der Waals surface area contributed by atoms with Crippen molar-refractivity contribution >= 4 is 0 Å². The van der Waals surface area contributed by atoms with E-state index in [9.17, 15) is 0 Å². The zero-order valence-electron chi connectivity index (χ0n) is 13.2. The largest absolute Gasteiger partial charge is 0.325 e. The fourth-order valence-electron chi connectivity index (χ4n) is 3.22. The summed E-state index contributed by atoms with van der Waals surface area (Å²) in [4.78, 5) is 6.96. The average Bonchev–Trinajstić information content (AvgIpc) is 2.64. The molecule has 1 saturated heterocycles. The maximum Gasteiger partial charge on any atom is 0.0584 e. The molecule has 1 aromatic heterocycles. The average molecular weight is 275 g/mol. The van der Waals surface area contributed by atoms with Crippen LogP contribution in [0, 0.1) is 11.3 Å². The molecule has 0 bridgehead atoms. The highest BCUT2D eigenvalue weighted by Gasteiger charge is 2.27. The van der Waals surface area contributed by atoms with E-state index in [-0.39, 0.29) is 0 Å². The highest BCUT2D eigenvalue weighted by atomic mass is 15.1. The minimum Gasteiger partial charge on any atom is -0.325 e. The summed E-state index contributed by atoms with van der Waals surface area (Å²) in [7, 11) is 0. The van der Waals surface area contributed by atoms with Gasteiger partial charge in [-0.15, -0.1) is 0 Å². The maximum absolute atomic E-state index is 5.78. The molecule has 0 aromatic carbocycles. The van der Waals surface area contributed by atoms with Crippen LogP contribution in [0.2, 0.25) is 0 Å². The molecule has 1 unspecified atom stereocenters. The molecule has 112 valence electrons. The van der Waals surface area contributed by atoms with Crippen LogP contribution in [0.1, 0.15) is 51.3 Å². The van der Waals surface area contributed by atoms with Gasteiger partial charge >= 0.3 is 0 Å². The van der Waals surface area contributed by atoms with Gasteiger partial charge in [0.15, 0.2) is 0 Å². The fourth-order valence-corrected chi connectivity index (χ4v) is 3.22. The van der Waals surface area contributed by atoms with E-state index in [2.05, 4.69) is 36.7 Å². The Balaban J connectivity index is 1.97. The quantitative estimate of drug-likeness (QED) is 0.921. The van der Waals surface area contributed by atoms with Gasteiger partial charge in [0.05, 0.1) is 5.69 Å². The number of hydrogen-bond donors (Lipinski definition) is 1. The minimum atomic E-state index is 0.437. The Hall–Kier alpha value is -0.930. The maximum atomic E-state index is 5.78. The van der Waals surface area contributed by atoms with E-state index in [0.717, 1.165) is 18.2 Å². The smallest absolute Gasteiger partial charge is 0.0584 e. The van der Waals surface area contributed by atoms with Crippen LogP contribution < -0.4 is 5.73 Å². The van der Waals surface area contributed by atoms with Crippen LogP contribution in [0.15, 0.2) is 18.3 Å². The summed E-state index contributed by atoms with van der Waals surface area (Å²) in [6.45, 7) is 11.1. The third kappa shape index (κ3) is 4.03. The van der Waals surface area contributed by atoms with Crippen LogP contribution in [-0.2, 0) is 13.1 Å². The van der Waals surface area contributed by atoms with E-state index < -0.39 is 0 Å². The van der Waals surface area contributed by atoms with E-state index >= 15 is 0 Å². The third-order valence-corrected chi connectivity index (χ3v) is 4.62. The molecule has 0 saturated carbocycles. The first-order chi connectivity index (χ1) is 9.50. The van der Waals surface area contributed by atoms with Crippen molar-refractivity contribution in [3.63, 3.8) is 0 Å². The number of nitrogens with zero attached hydrogens (tertiary/aromatic N) is 2. The van der Waals surface area contributed by atoms with Crippen LogP contribution in [0.4, 0.5) is 0 Å². The standard InChI is InChI=1S/C17H29N3/c1-17(2,3)15-7-5-10-20(11-8-15)13-14-6-4-9-19-16(14)12-18/h4,6,9,15H,5,7-8,10-13,18H2,1-3H3. The zero-order valence-corrected chi connectivity index (χ0v) is 13.2. The van der Waals surface area contributed by atoms with Crippen LogP contribution >= 0.6 is 0 Å². The van der Waals surface area contributed by atoms with Crippen molar-refractivity contribution in [3.05, 3.63) is 29.6 Å². The Morgan fingerprint density at radius 2 is 2.10 bits per heavy atom. The van der Waals surface area contributed by atoms with E-state index in [1.165, 1.54) is 37.9 Å². The van der Waals surface area contributed by atoms with Crippen LogP contribution in [0.25, 0.3) is 0 Å². The Morgan fingerprint density at radius 3 is 2.80 bits per heavy atom. The van der Waals surface area contributed by atoms with Crippen molar-refractivity contribution in [2.75, 3.05) is 13.1 Å². The van der Waals surface area contributed by atoms with Gasteiger partial charge in [-0.05, 0) is 55.3 Å². The highest BCUT2D eigenvalue weighted by Crippen LogP contribution is 2.34. The number of rotatable bonds is 3. The number of likely N-dealkylation sites (tertiary alicyclic amines) is 1. The van der Waals surface area contributed by atoms with Crippen molar-refractivity contribution in [2.24, 2.45) is 17.1 Å². The lowest BCUT2D eigenvalue weighted by atomic mass is 9.77. The molecule has 2 N–H and O–H groups in total. The van der Waals surface area contributed by atoms with Gasteiger partial charge in [0, 0.05) is 19.3 Å². The predicted octanol–water partition coefficient (Wildman–Crippen LogP) is 3.19. The van der Waals surface area contributed by atoms with Crippen molar-refractivity contribution in [1.82, 2.24) is 9.88 Å². The lowest BCUT2D eigenvalue weighted by Crippen LogP contribution is -2.26. The minimum absolute atomic E-state index is 0.437. The molecule has 2 rings (SSSR count). The molecule has 3 heteroatoms. The molecular weight excluding hydrogens is 246 g/mol. The molecule has 1 aliphatic heterocycles. The van der Waals surface area contributed by atoms with Crippen LogP contribution in [0.5, 0.6) is 0 Å². The molecule has 0 radical (unpaired) electrons. The molecule has 20 heavy (non-hydrogen) atoms. The molecule has 1 aromatic rings. The first-order valence-corrected chi connectivity index (χ1v) is 7.86. The van der Waals surface area contributed by atoms with Gasteiger partial charge in [-0.3, -0.25) is 9.88 Å². The molecule has 2 heterocycles. The first kappa shape index (κ1) is 15.5. The predicted molar refractivity (Wildman–Crippen MR) is 84.2 cm³/mol. The SMILES string of the molecule is CC(C)(C)C1CCCN(Cc2cccnc2CN)CC1. The first-order valence-electron chi connectivity index (χ1n) is 7.86. The van der Waals surface area contributed by atoms with Gasteiger partial charge in [-0.25, -0.2) is 0 Å². The Kier molecular flexibility index (Phi) is 5.17. The Morgan fingerprint density at radius 1 is 1.30 bits per heavy atom. The molecule has 0 aliphatic carbocycles. The number of aromatic nitrogens is 1. The van der Waals surface area contributed by atoms with Crippen LogP contribution in [-0.4, -0.2) is 23.0 Å². The second kappa shape index (κ2) is 6.68. The topological polar surface area (TPSA) is 42.2 Å². The summed E-state index contributed by atoms with van der Waals surface area (Å²) in [6.07, 6.45) is 5.81. The molecule has 1 aliphatic rings. The van der Waals surface area contributed by atoms with Crippen molar-refractivity contribution in [3.8, 4) is 0 Å². The normalized spacial score (nSPS) is 21.7. The number of nitrogens with two attached hydrogens (primary N) is 1. The molecule has 1 fully saturated rings. The van der Waals surface area contributed by atoms with E-state index in [1.54, 1.807) is 0 Å². The Labute approximate surface area is 123 Å². The lowest BCUT2D eigenvalue weighted by Gasteiger charge is -2.29. The summed E-state index contributed by atoms with van der Waals surface area (Å²) >= 11 is 0. The van der Waals surface area contributed by atoms with Gasteiger partial charge in [-0.1, -0.05) is 26.8 Å². The van der Waals surface area contributed by atoms with Gasteiger partial charge in [0.25, 0.3) is 0 Å². The van der Waals surface area contributed by atoms with Gasteiger partial charge in [0.1, 0.15) is 0 Å². The van der Waals surface area contributed by atoms with Gasteiger partial charge < -0.3 is 5.73 Å². The molecule has 3 nitrogen and oxygen atoms in total. The summed E-state index contributed by atoms with van der Waals surface area (Å²) < 4.78 is 0. The Bertz CT molecular complexity index is 422.